The molecule has 6 heteroatoms. The third-order valence-electron chi connectivity index (χ3n) is 0.413. The lowest BCUT2D eigenvalue weighted by Crippen LogP contribution is -2.15. The maximum absolute atomic E-state index is 10.0. The van der Waals surface area contributed by atoms with Crippen LogP contribution < -0.4 is 0 Å². The van der Waals surface area contributed by atoms with Gasteiger partial charge in [-0.15, -0.1) is 0 Å². The molecule has 6 nitrogen and oxygen atoms in total. The van der Waals surface area contributed by atoms with Gasteiger partial charge in [0, 0.05) is 13.8 Å². The largest absolute Gasteiger partial charge is 0.390 e. The fourth-order valence-electron chi connectivity index (χ4n) is 0.239. The molecule has 0 fully saturated rings. The smallest absolute Gasteiger partial charge is 0.381 e. The minimum Gasteiger partial charge on any atom is -0.390 e. The summed E-state index contributed by atoms with van der Waals surface area (Å²) < 4.78 is 0. The van der Waals surface area contributed by atoms with Crippen LogP contribution in [0.5, 0.6) is 0 Å². The molecule has 0 aliphatic carbocycles. The summed E-state index contributed by atoms with van der Waals surface area (Å²) in [5, 5.41) is -0.301. The van der Waals surface area contributed by atoms with Gasteiger partial charge in [0.15, 0.2) is 0 Å². The van der Waals surface area contributed by atoms with Gasteiger partial charge in [0.2, 0.25) is 0 Å². The fraction of sp³-hybridized carbons (Fsp3) is 0.500. The second kappa shape index (κ2) is 3.54. The highest BCUT2D eigenvalue weighted by molar-refractivity contribution is 5.66. The Morgan fingerprint density at radius 3 is 1.70 bits per heavy atom. The van der Waals surface area contributed by atoms with Gasteiger partial charge in [0.05, 0.1) is 0 Å². The van der Waals surface area contributed by atoms with Crippen LogP contribution in [0.2, 0.25) is 0 Å². The summed E-state index contributed by atoms with van der Waals surface area (Å²) >= 11 is 0. The molecular formula is C4H6N2O4. The van der Waals surface area contributed by atoms with Crippen molar-refractivity contribution >= 4 is 11.9 Å². The lowest BCUT2D eigenvalue weighted by Gasteiger charge is -1.94. The topological polar surface area (TPSA) is 77.9 Å². The van der Waals surface area contributed by atoms with Crippen molar-refractivity contribution in [3.63, 3.8) is 0 Å². The molecule has 0 atom stereocenters. The quantitative estimate of drug-likeness (QED) is 0.405. The predicted octanol–water partition coefficient (Wildman–Crippen LogP) is -0.0233. The zero-order valence-corrected chi connectivity index (χ0v) is 5.53. The van der Waals surface area contributed by atoms with Gasteiger partial charge in [-0.2, -0.15) is 9.68 Å². The van der Waals surface area contributed by atoms with E-state index in [1.807, 2.05) is 0 Å². The van der Waals surface area contributed by atoms with Crippen LogP contribution >= 0.6 is 0 Å². The van der Waals surface area contributed by atoms with E-state index in [4.69, 9.17) is 5.53 Å². The maximum atomic E-state index is 10.0. The monoisotopic (exact) mass is 146 g/mol. The zero-order chi connectivity index (χ0) is 8.15. The van der Waals surface area contributed by atoms with Crippen molar-refractivity contribution in [1.82, 2.24) is 0 Å². The number of carbonyl (C=O) groups excluding carboxylic acids is 2. The van der Waals surface area contributed by atoms with E-state index in [9.17, 15) is 9.59 Å². The van der Waals surface area contributed by atoms with Gasteiger partial charge >= 0.3 is 11.9 Å². The molecule has 0 aromatic carbocycles. The first-order chi connectivity index (χ1) is 4.52. The molecular weight excluding hydrogens is 140 g/mol. The second-order valence-corrected chi connectivity index (χ2v) is 1.40. The first-order valence-corrected chi connectivity index (χ1v) is 2.38. The molecule has 0 heterocycles. The average Bonchev–Trinajstić information content (AvgIpc) is 1.58. The Morgan fingerprint density at radius 1 is 1.20 bits per heavy atom. The maximum Gasteiger partial charge on any atom is 0.381 e. The van der Waals surface area contributed by atoms with Gasteiger partial charge in [-0.25, -0.2) is 9.59 Å². The third-order valence-corrected chi connectivity index (χ3v) is 0.413. The van der Waals surface area contributed by atoms with Crippen molar-refractivity contribution in [3.05, 3.63) is 5.53 Å². The fourth-order valence-corrected chi connectivity index (χ4v) is 0.239. The molecule has 0 aliphatic heterocycles. The van der Waals surface area contributed by atoms with Crippen LogP contribution in [0.25, 0.3) is 5.53 Å². The van der Waals surface area contributed by atoms with Gasteiger partial charge < -0.3 is 5.53 Å². The lowest BCUT2D eigenvalue weighted by molar-refractivity contribution is -0.945. The Labute approximate surface area is 56.7 Å². The normalized spacial score (nSPS) is 8.20. The van der Waals surface area contributed by atoms with Crippen LogP contribution in [0.1, 0.15) is 13.8 Å². The molecule has 0 spiro atoms. The van der Waals surface area contributed by atoms with E-state index in [1.165, 1.54) is 0 Å². The minimum absolute atomic E-state index is 0.301. The van der Waals surface area contributed by atoms with E-state index < -0.39 is 11.9 Å². The summed E-state index contributed by atoms with van der Waals surface area (Å²) in [6, 6.07) is 0. The minimum atomic E-state index is -0.788. The van der Waals surface area contributed by atoms with Gasteiger partial charge in [-0.05, 0) is 0 Å². The van der Waals surface area contributed by atoms with Crippen LogP contribution in [0.3, 0.4) is 0 Å². The Morgan fingerprint density at radius 2 is 1.50 bits per heavy atom. The number of rotatable bonds is 2. The van der Waals surface area contributed by atoms with Gasteiger partial charge in [0.25, 0.3) is 0 Å². The zero-order valence-electron chi connectivity index (χ0n) is 5.53. The highest BCUT2D eigenvalue weighted by atomic mass is 17.0. The van der Waals surface area contributed by atoms with Crippen molar-refractivity contribution in [2.45, 2.75) is 13.8 Å². The van der Waals surface area contributed by atoms with Crippen LogP contribution in [0.4, 0.5) is 0 Å². The molecule has 0 radical (unpaired) electrons. The number of nitrogens with zero attached hydrogens (tertiary/aromatic N) is 2. The van der Waals surface area contributed by atoms with Crippen LogP contribution in [-0.4, -0.2) is 17.0 Å². The summed E-state index contributed by atoms with van der Waals surface area (Å²) in [5.41, 5.74) is 8.34. The van der Waals surface area contributed by atoms with Crippen molar-refractivity contribution in [3.8, 4) is 0 Å². The van der Waals surface area contributed by atoms with Crippen molar-refractivity contribution < 1.29 is 24.3 Å². The summed E-state index contributed by atoms with van der Waals surface area (Å²) in [7, 11) is 0. The average molecular weight is 146 g/mol. The molecule has 0 bridgehead atoms. The first kappa shape index (κ1) is 8.54. The molecule has 10 heavy (non-hydrogen) atoms. The molecule has 0 amide bonds. The van der Waals surface area contributed by atoms with E-state index in [-0.39, 0.29) is 5.02 Å². The number of hydrogen-bond acceptors (Lipinski definition) is 4. The standard InChI is InChI=1S/C4H6N2O4/c1-3(7)9-6(5)10-4(2)8/h1-2H3. The highest BCUT2D eigenvalue weighted by Gasteiger charge is 2.06. The van der Waals surface area contributed by atoms with Crippen LogP contribution in [0, 0.1) is 0 Å². The van der Waals surface area contributed by atoms with Crippen LogP contribution in [0.15, 0.2) is 0 Å². The molecule has 0 saturated heterocycles. The Hall–Kier alpha value is -1.46. The van der Waals surface area contributed by atoms with Gasteiger partial charge in [0.1, 0.15) is 5.02 Å². The Kier molecular flexibility index (Phi) is 3.03. The van der Waals surface area contributed by atoms with E-state index >= 15 is 0 Å². The first-order valence-electron chi connectivity index (χ1n) is 2.38. The lowest BCUT2D eigenvalue weighted by atomic mass is 10.8. The van der Waals surface area contributed by atoms with Crippen LogP contribution in [-0.2, 0) is 19.3 Å². The molecule has 0 rings (SSSR count). The highest BCUT2D eigenvalue weighted by Crippen LogP contribution is 1.83. The van der Waals surface area contributed by atoms with E-state index in [1.54, 1.807) is 0 Å². The van der Waals surface area contributed by atoms with E-state index in [0.29, 0.717) is 0 Å². The van der Waals surface area contributed by atoms with E-state index in [2.05, 4.69) is 9.68 Å². The van der Waals surface area contributed by atoms with Gasteiger partial charge in [-0.1, -0.05) is 0 Å². The second-order valence-electron chi connectivity index (χ2n) is 1.40. The summed E-state index contributed by atoms with van der Waals surface area (Å²) in [5.74, 6) is -1.58. The molecule has 0 aliphatic rings. The Bertz CT molecular complexity index is 158. The summed E-state index contributed by atoms with van der Waals surface area (Å²) in [6.07, 6.45) is 0. The van der Waals surface area contributed by atoms with Crippen molar-refractivity contribution in [1.29, 1.82) is 0 Å². The molecule has 0 aromatic rings. The summed E-state index contributed by atoms with van der Waals surface area (Å²) in [4.78, 5) is 27.8. The Balaban J connectivity index is 3.65. The van der Waals surface area contributed by atoms with Crippen molar-refractivity contribution in [2.24, 2.45) is 0 Å². The van der Waals surface area contributed by atoms with E-state index in [0.717, 1.165) is 13.8 Å². The molecule has 0 unspecified atom stereocenters. The van der Waals surface area contributed by atoms with Crippen molar-refractivity contribution in [2.75, 3.05) is 0 Å². The number of hydrogen-bond donors (Lipinski definition) is 0. The molecule has 56 valence electrons. The van der Waals surface area contributed by atoms with Gasteiger partial charge in [-0.3, -0.25) is 0 Å². The summed E-state index contributed by atoms with van der Waals surface area (Å²) in [6.45, 7) is 2.10. The molecule has 0 saturated carbocycles. The molecule has 0 N–H and O–H groups in total. The molecule has 0 aromatic heterocycles. The third kappa shape index (κ3) is 4.69. The predicted molar refractivity (Wildman–Crippen MR) is 27.2 cm³/mol. The SMILES string of the molecule is CC(=O)O[N+](=[N-])OC(C)=O. The number of carbonyl (C=O) groups is 2.